The normalized spacial score (nSPS) is 11.4. The minimum absolute atomic E-state index is 0.00670. The quantitative estimate of drug-likeness (QED) is 0.751. The number of carbonyl (C=O) groups excluding carboxylic acids is 1. The Morgan fingerprint density at radius 1 is 1.43 bits per heavy atom. The molecular weight excluding hydrogens is 295 g/mol. The van der Waals surface area contributed by atoms with Crippen molar-refractivity contribution in [1.82, 2.24) is 5.32 Å². The monoisotopic (exact) mass is 309 g/mol. The van der Waals surface area contributed by atoms with E-state index in [9.17, 15) is 22.8 Å². The van der Waals surface area contributed by atoms with Crippen molar-refractivity contribution in [2.45, 2.75) is 26.1 Å². The van der Waals surface area contributed by atoms with Crippen LogP contribution in [-0.4, -0.2) is 36.4 Å². The van der Waals surface area contributed by atoms with Gasteiger partial charge in [-0.05, 0) is 13.0 Å². The number of amides is 1. The first kappa shape index (κ1) is 17.0. The van der Waals surface area contributed by atoms with Crippen LogP contribution in [0, 0.1) is 6.92 Å². The number of hydrogen-bond donors (Lipinski definition) is 2. The predicted octanol–water partition coefficient (Wildman–Crippen LogP) is 1.87. The zero-order valence-electron chi connectivity index (χ0n) is 11.1. The lowest BCUT2D eigenvalue weighted by atomic mass is 10.2. The van der Waals surface area contributed by atoms with Gasteiger partial charge in [-0.1, -0.05) is 0 Å². The topological polar surface area (TPSA) is 88.8 Å². The second kappa shape index (κ2) is 7.11. The molecule has 0 atom stereocenters. The number of carboxylic acid groups (broad SMARTS) is 1. The molecule has 0 fully saturated rings. The van der Waals surface area contributed by atoms with Gasteiger partial charge in [0.15, 0.2) is 0 Å². The Morgan fingerprint density at radius 3 is 2.62 bits per heavy atom. The summed E-state index contributed by atoms with van der Waals surface area (Å²) in [5.41, 5.74) is -0.00670. The third kappa shape index (κ3) is 6.30. The molecule has 0 bridgehead atoms. The molecular formula is C12H14F3NO5. The second-order valence-electron chi connectivity index (χ2n) is 4.18. The molecule has 6 nitrogen and oxygen atoms in total. The molecule has 1 aromatic heterocycles. The molecule has 2 N–H and O–H groups in total. The molecule has 0 unspecified atom stereocenters. The van der Waals surface area contributed by atoms with Gasteiger partial charge in [0, 0.05) is 6.42 Å². The van der Waals surface area contributed by atoms with E-state index in [1.807, 2.05) is 0 Å². The van der Waals surface area contributed by atoms with Gasteiger partial charge in [0.05, 0.1) is 13.2 Å². The van der Waals surface area contributed by atoms with Gasteiger partial charge in [-0.3, -0.25) is 4.79 Å². The highest BCUT2D eigenvalue weighted by molar-refractivity contribution is 5.88. The average Bonchev–Trinajstić information content (AvgIpc) is 2.72. The Balaban J connectivity index is 2.30. The number of nitrogens with one attached hydrogen (secondary N) is 1. The average molecular weight is 309 g/mol. The molecule has 0 saturated heterocycles. The standard InChI is InChI=1S/C12H14F3NO5/c1-7-9(11(18)19)4-8(21-7)5-16-10(17)2-3-20-6-12(13,14)15/h4H,2-3,5-6H2,1H3,(H,16,17)(H,18,19). The largest absolute Gasteiger partial charge is 0.478 e. The summed E-state index contributed by atoms with van der Waals surface area (Å²) in [7, 11) is 0. The molecule has 1 rings (SSSR count). The lowest BCUT2D eigenvalue weighted by molar-refractivity contribution is -0.174. The molecule has 21 heavy (non-hydrogen) atoms. The van der Waals surface area contributed by atoms with E-state index in [0.29, 0.717) is 0 Å². The lowest BCUT2D eigenvalue weighted by Gasteiger charge is -2.07. The summed E-state index contributed by atoms with van der Waals surface area (Å²) in [5, 5.41) is 11.2. The Hall–Kier alpha value is -2.03. The molecule has 0 aliphatic heterocycles. The first-order valence-corrected chi connectivity index (χ1v) is 5.93. The smallest absolute Gasteiger partial charge is 0.411 e. The molecule has 118 valence electrons. The third-order valence-electron chi connectivity index (χ3n) is 2.40. The molecule has 0 aromatic carbocycles. The van der Waals surface area contributed by atoms with E-state index in [0.717, 1.165) is 0 Å². The van der Waals surface area contributed by atoms with Gasteiger partial charge >= 0.3 is 12.1 Å². The number of aryl methyl sites for hydroxylation is 1. The zero-order chi connectivity index (χ0) is 16.0. The Labute approximate surface area is 117 Å². The summed E-state index contributed by atoms with van der Waals surface area (Å²) in [6.07, 6.45) is -4.66. The van der Waals surface area contributed by atoms with Crippen LogP contribution in [0.15, 0.2) is 10.5 Å². The van der Waals surface area contributed by atoms with Crippen molar-refractivity contribution in [1.29, 1.82) is 0 Å². The van der Waals surface area contributed by atoms with Crippen molar-refractivity contribution in [3.63, 3.8) is 0 Å². The minimum atomic E-state index is -4.42. The first-order valence-electron chi connectivity index (χ1n) is 5.93. The highest BCUT2D eigenvalue weighted by Crippen LogP contribution is 2.15. The maximum atomic E-state index is 11.8. The molecule has 0 aliphatic rings. The van der Waals surface area contributed by atoms with E-state index < -0.39 is 24.7 Å². The summed E-state index contributed by atoms with van der Waals surface area (Å²) in [6, 6.07) is 1.28. The van der Waals surface area contributed by atoms with E-state index in [1.54, 1.807) is 0 Å². The Bertz CT molecular complexity index is 509. The fourth-order valence-electron chi connectivity index (χ4n) is 1.47. The van der Waals surface area contributed by atoms with Crippen molar-refractivity contribution >= 4 is 11.9 Å². The molecule has 0 spiro atoms. The summed E-state index contributed by atoms with van der Waals surface area (Å²) >= 11 is 0. The number of hydrogen-bond acceptors (Lipinski definition) is 4. The van der Waals surface area contributed by atoms with Crippen LogP contribution in [0.1, 0.15) is 28.3 Å². The van der Waals surface area contributed by atoms with E-state index in [1.165, 1.54) is 13.0 Å². The number of ether oxygens (including phenoxy) is 1. The van der Waals surface area contributed by atoms with Gasteiger partial charge in [-0.15, -0.1) is 0 Å². The van der Waals surface area contributed by atoms with Crippen molar-refractivity contribution < 1.29 is 37.0 Å². The van der Waals surface area contributed by atoms with E-state index >= 15 is 0 Å². The van der Waals surface area contributed by atoms with Crippen LogP contribution in [0.5, 0.6) is 0 Å². The number of carboxylic acids is 1. The van der Waals surface area contributed by atoms with Crippen molar-refractivity contribution in [3.8, 4) is 0 Å². The molecule has 0 aliphatic carbocycles. The number of carbonyl (C=O) groups is 2. The lowest BCUT2D eigenvalue weighted by Crippen LogP contribution is -2.25. The maximum absolute atomic E-state index is 11.8. The van der Waals surface area contributed by atoms with Crippen LogP contribution in [-0.2, 0) is 16.1 Å². The summed E-state index contributed by atoms with van der Waals surface area (Å²) in [6.45, 7) is -0.339. The fourth-order valence-corrected chi connectivity index (χ4v) is 1.47. The van der Waals surface area contributed by atoms with Crippen LogP contribution in [0.4, 0.5) is 13.2 Å². The van der Waals surface area contributed by atoms with Crippen molar-refractivity contribution in [2.75, 3.05) is 13.2 Å². The van der Waals surface area contributed by atoms with Crippen LogP contribution >= 0.6 is 0 Å². The third-order valence-corrected chi connectivity index (χ3v) is 2.40. The molecule has 1 amide bonds. The van der Waals surface area contributed by atoms with E-state index in [-0.39, 0.29) is 36.7 Å². The summed E-state index contributed by atoms with van der Waals surface area (Å²) in [5.74, 6) is -1.22. The number of rotatable bonds is 7. The van der Waals surface area contributed by atoms with Gasteiger partial charge in [0.25, 0.3) is 0 Å². The zero-order valence-corrected chi connectivity index (χ0v) is 11.1. The van der Waals surface area contributed by atoms with Gasteiger partial charge < -0.3 is 19.6 Å². The van der Waals surface area contributed by atoms with Crippen LogP contribution in [0.3, 0.4) is 0 Å². The maximum Gasteiger partial charge on any atom is 0.411 e. The SMILES string of the molecule is Cc1oc(CNC(=O)CCOCC(F)(F)F)cc1C(=O)O. The highest BCUT2D eigenvalue weighted by Gasteiger charge is 2.27. The molecule has 0 radical (unpaired) electrons. The van der Waals surface area contributed by atoms with E-state index in [2.05, 4.69) is 10.1 Å². The molecule has 0 saturated carbocycles. The van der Waals surface area contributed by atoms with Crippen molar-refractivity contribution in [2.24, 2.45) is 0 Å². The number of aromatic carboxylic acids is 1. The molecule has 9 heteroatoms. The number of halogens is 3. The van der Waals surface area contributed by atoms with Crippen LogP contribution in [0.2, 0.25) is 0 Å². The number of furan rings is 1. The van der Waals surface area contributed by atoms with Crippen LogP contribution in [0.25, 0.3) is 0 Å². The Kier molecular flexibility index (Phi) is 5.77. The van der Waals surface area contributed by atoms with Gasteiger partial charge in [0.1, 0.15) is 23.7 Å². The van der Waals surface area contributed by atoms with Gasteiger partial charge in [0.2, 0.25) is 5.91 Å². The number of alkyl halides is 3. The summed E-state index contributed by atoms with van der Waals surface area (Å²) in [4.78, 5) is 22.1. The minimum Gasteiger partial charge on any atom is -0.478 e. The van der Waals surface area contributed by atoms with E-state index in [4.69, 9.17) is 9.52 Å². The molecule has 1 aromatic rings. The summed E-state index contributed by atoms with van der Waals surface area (Å²) < 4.78 is 44.7. The Morgan fingerprint density at radius 2 is 2.10 bits per heavy atom. The van der Waals surface area contributed by atoms with Gasteiger partial charge in [-0.25, -0.2) is 4.79 Å². The van der Waals surface area contributed by atoms with Gasteiger partial charge in [-0.2, -0.15) is 13.2 Å². The highest BCUT2D eigenvalue weighted by atomic mass is 19.4. The predicted molar refractivity (Wildman–Crippen MR) is 63.7 cm³/mol. The fraction of sp³-hybridized carbons (Fsp3) is 0.500. The first-order chi connectivity index (χ1) is 9.69. The second-order valence-corrected chi connectivity index (χ2v) is 4.18. The van der Waals surface area contributed by atoms with Crippen LogP contribution < -0.4 is 5.32 Å². The molecule has 1 heterocycles. The van der Waals surface area contributed by atoms with Crippen molar-refractivity contribution in [3.05, 3.63) is 23.2 Å².